The van der Waals surface area contributed by atoms with Crippen molar-refractivity contribution in [3.8, 4) is 0 Å². The van der Waals surface area contributed by atoms with Gasteiger partial charge in [0.2, 0.25) is 0 Å². The molecule has 1 heterocycles. The predicted molar refractivity (Wildman–Crippen MR) is 75.2 cm³/mol. The number of aliphatic hydroxyl groups is 1. The largest absolute Gasteiger partial charge is 0.478 e. The van der Waals surface area contributed by atoms with Gasteiger partial charge in [0.25, 0.3) is 0 Å². The number of aliphatic hydroxyl groups excluding tert-OH is 1. The zero-order chi connectivity index (χ0) is 14.4. The molecular formula is C15H19NO4. The van der Waals surface area contributed by atoms with Crippen LogP contribution in [0.5, 0.6) is 0 Å². The SMILES string of the molecule is O=C(O)/C=C/c1ccccc1CN1CCOC(CO)C1. The minimum absolute atomic E-state index is 0.0249. The number of hydrogen-bond donors (Lipinski definition) is 2. The van der Waals surface area contributed by atoms with E-state index in [4.69, 9.17) is 14.9 Å². The fourth-order valence-electron chi connectivity index (χ4n) is 2.28. The first-order valence-corrected chi connectivity index (χ1v) is 6.63. The van der Waals surface area contributed by atoms with Crippen LogP contribution in [-0.2, 0) is 16.1 Å². The van der Waals surface area contributed by atoms with Gasteiger partial charge in [-0.15, -0.1) is 0 Å². The van der Waals surface area contributed by atoms with Crippen LogP contribution in [-0.4, -0.2) is 53.5 Å². The average Bonchev–Trinajstić information content (AvgIpc) is 2.46. The highest BCUT2D eigenvalue weighted by Crippen LogP contribution is 2.15. The van der Waals surface area contributed by atoms with Crippen LogP contribution in [0.3, 0.4) is 0 Å². The summed E-state index contributed by atoms with van der Waals surface area (Å²) >= 11 is 0. The van der Waals surface area contributed by atoms with Crippen molar-refractivity contribution >= 4 is 12.0 Å². The quantitative estimate of drug-likeness (QED) is 0.785. The molecule has 1 aliphatic rings. The number of morpholine rings is 1. The summed E-state index contributed by atoms with van der Waals surface area (Å²) in [6, 6.07) is 7.72. The molecule has 0 radical (unpaired) electrons. The molecule has 20 heavy (non-hydrogen) atoms. The van der Waals surface area contributed by atoms with Crippen molar-refractivity contribution in [2.45, 2.75) is 12.6 Å². The Morgan fingerprint density at radius 2 is 2.25 bits per heavy atom. The summed E-state index contributed by atoms with van der Waals surface area (Å²) in [5.74, 6) is -0.952. The van der Waals surface area contributed by atoms with E-state index in [1.54, 1.807) is 6.08 Å². The highest BCUT2D eigenvalue weighted by Gasteiger charge is 2.20. The molecule has 2 rings (SSSR count). The lowest BCUT2D eigenvalue weighted by molar-refractivity contribution is -0.131. The Balaban J connectivity index is 2.07. The molecule has 5 nitrogen and oxygen atoms in total. The lowest BCUT2D eigenvalue weighted by Crippen LogP contribution is -2.43. The minimum atomic E-state index is -0.952. The Morgan fingerprint density at radius 3 is 3.00 bits per heavy atom. The van der Waals surface area contributed by atoms with E-state index in [-0.39, 0.29) is 12.7 Å². The molecule has 0 bridgehead atoms. The number of carbonyl (C=O) groups is 1. The molecule has 2 N–H and O–H groups in total. The summed E-state index contributed by atoms with van der Waals surface area (Å²) in [5.41, 5.74) is 1.98. The van der Waals surface area contributed by atoms with Crippen molar-refractivity contribution in [2.75, 3.05) is 26.3 Å². The summed E-state index contributed by atoms with van der Waals surface area (Å²) in [6.07, 6.45) is 2.63. The van der Waals surface area contributed by atoms with E-state index >= 15 is 0 Å². The molecule has 0 saturated carbocycles. The van der Waals surface area contributed by atoms with E-state index in [1.807, 2.05) is 24.3 Å². The maximum Gasteiger partial charge on any atom is 0.328 e. The molecular weight excluding hydrogens is 258 g/mol. The Kier molecular flexibility index (Phi) is 5.29. The van der Waals surface area contributed by atoms with E-state index in [0.717, 1.165) is 30.3 Å². The summed E-state index contributed by atoms with van der Waals surface area (Å²) in [6.45, 7) is 2.86. The van der Waals surface area contributed by atoms with Gasteiger partial charge in [-0.25, -0.2) is 4.79 Å². The molecule has 1 aromatic rings. The van der Waals surface area contributed by atoms with Gasteiger partial charge in [0, 0.05) is 25.7 Å². The van der Waals surface area contributed by atoms with E-state index in [0.29, 0.717) is 13.2 Å². The third-order valence-electron chi connectivity index (χ3n) is 3.28. The van der Waals surface area contributed by atoms with Crippen LogP contribution >= 0.6 is 0 Å². The third kappa shape index (κ3) is 4.16. The van der Waals surface area contributed by atoms with E-state index in [2.05, 4.69) is 4.90 Å². The van der Waals surface area contributed by atoms with Gasteiger partial charge in [-0.2, -0.15) is 0 Å². The second-order valence-corrected chi connectivity index (χ2v) is 4.78. The highest BCUT2D eigenvalue weighted by atomic mass is 16.5. The molecule has 0 aliphatic carbocycles. The normalized spacial score (nSPS) is 20.4. The van der Waals surface area contributed by atoms with Crippen molar-refractivity contribution in [3.05, 3.63) is 41.5 Å². The number of carboxylic acid groups (broad SMARTS) is 1. The van der Waals surface area contributed by atoms with Crippen molar-refractivity contribution in [3.63, 3.8) is 0 Å². The molecule has 1 unspecified atom stereocenters. The first-order chi connectivity index (χ1) is 9.69. The van der Waals surface area contributed by atoms with Crippen LogP contribution in [0.2, 0.25) is 0 Å². The maximum atomic E-state index is 10.6. The fourth-order valence-corrected chi connectivity index (χ4v) is 2.28. The number of benzene rings is 1. The van der Waals surface area contributed by atoms with Gasteiger partial charge >= 0.3 is 5.97 Å². The number of nitrogens with zero attached hydrogens (tertiary/aromatic N) is 1. The van der Waals surface area contributed by atoms with E-state index in [1.165, 1.54) is 0 Å². The first-order valence-electron chi connectivity index (χ1n) is 6.63. The molecule has 1 saturated heterocycles. The summed E-state index contributed by atoms with van der Waals surface area (Å²) in [7, 11) is 0. The Bertz CT molecular complexity index is 487. The van der Waals surface area contributed by atoms with Crippen LogP contribution in [0, 0.1) is 0 Å². The Hall–Kier alpha value is -1.69. The number of hydrogen-bond acceptors (Lipinski definition) is 4. The standard InChI is InChI=1S/C15H19NO4/c17-11-14-10-16(7-8-20-14)9-13-4-2-1-3-12(13)5-6-15(18)19/h1-6,14,17H,7-11H2,(H,18,19)/b6-5+. The van der Waals surface area contributed by atoms with Crippen LogP contribution in [0.1, 0.15) is 11.1 Å². The maximum absolute atomic E-state index is 10.6. The van der Waals surface area contributed by atoms with Gasteiger partial charge in [-0.05, 0) is 17.2 Å². The first kappa shape index (κ1) is 14.7. The van der Waals surface area contributed by atoms with Gasteiger partial charge in [0.15, 0.2) is 0 Å². The second-order valence-electron chi connectivity index (χ2n) is 4.78. The molecule has 1 fully saturated rings. The molecule has 1 aromatic carbocycles. The molecule has 108 valence electrons. The fraction of sp³-hybridized carbons (Fsp3) is 0.400. The van der Waals surface area contributed by atoms with Gasteiger partial charge in [0.05, 0.1) is 19.3 Å². The molecule has 0 spiro atoms. The van der Waals surface area contributed by atoms with Crippen molar-refractivity contribution in [1.82, 2.24) is 4.90 Å². The molecule has 0 aromatic heterocycles. The summed E-state index contributed by atoms with van der Waals surface area (Å²) in [4.78, 5) is 12.8. The summed E-state index contributed by atoms with van der Waals surface area (Å²) in [5, 5.41) is 17.9. The predicted octanol–water partition coefficient (Wildman–Crippen LogP) is 0.978. The number of aliphatic carboxylic acids is 1. The molecule has 5 heteroatoms. The zero-order valence-electron chi connectivity index (χ0n) is 11.2. The van der Waals surface area contributed by atoms with Crippen LogP contribution in [0.25, 0.3) is 6.08 Å². The highest BCUT2D eigenvalue weighted by molar-refractivity contribution is 5.85. The Labute approximate surface area is 118 Å². The van der Waals surface area contributed by atoms with Crippen LogP contribution < -0.4 is 0 Å². The topological polar surface area (TPSA) is 70.0 Å². The molecule has 1 aliphatic heterocycles. The average molecular weight is 277 g/mol. The zero-order valence-corrected chi connectivity index (χ0v) is 11.2. The van der Waals surface area contributed by atoms with Gasteiger partial charge in [-0.1, -0.05) is 24.3 Å². The van der Waals surface area contributed by atoms with Crippen LogP contribution in [0.15, 0.2) is 30.3 Å². The molecule has 1 atom stereocenters. The lowest BCUT2D eigenvalue weighted by Gasteiger charge is -2.32. The Morgan fingerprint density at radius 1 is 1.45 bits per heavy atom. The monoisotopic (exact) mass is 277 g/mol. The van der Waals surface area contributed by atoms with Crippen LogP contribution in [0.4, 0.5) is 0 Å². The minimum Gasteiger partial charge on any atom is -0.478 e. The third-order valence-corrected chi connectivity index (χ3v) is 3.28. The smallest absolute Gasteiger partial charge is 0.328 e. The second kappa shape index (κ2) is 7.19. The number of rotatable bonds is 5. The lowest BCUT2D eigenvalue weighted by atomic mass is 10.1. The molecule has 0 amide bonds. The van der Waals surface area contributed by atoms with E-state index < -0.39 is 5.97 Å². The van der Waals surface area contributed by atoms with Crippen molar-refractivity contribution in [1.29, 1.82) is 0 Å². The van der Waals surface area contributed by atoms with Gasteiger partial charge in [-0.3, -0.25) is 4.90 Å². The van der Waals surface area contributed by atoms with Crippen molar-refractivity contribution < 1.29 is 19.7 Å². The van der Waals surface area contributed by atoms with Gasteiger partial charge in [0.1, 0.15) is 0 Å². The number of ether oxygens (including phenoxy) is 1. The number of carboxylic acids is 1. The van der Waals surface area contributed by atoms with E-state index in [9.17, 15) is 4.79 Å². The van der Waals surface area contributed by atoms with Gasteiger partial charge < -0.3 is 14.9 Å². The summed E-state index contributed by atoms with van der Waals surface area (Å²) < 4.78 is 5.42. The van der Waals surface area contributed by atoms with Crippen molar-refractivity contribution in [2.24, 2.45) is 0 Å².